The number of fused-ring (bicyclic) bond motifs is 1. The molecule has 1 amide bonds. The summed E-state index contributed by atoms with van der Waals surface area (Å²) in [4.78, 5) is 45.1. The number of hydrogen-bond acceptors (Lipinski definition) is 4. The predicted octanol–water partition coefficient (Wildman–Crippen LogP) is 3.52. The van der Waals surface area contributed by atoms with Crippen LogP contribution in [0.3, 0.4) is 0 Å². The smallest absolute Gasteiger partial charge is 0.322 e. The summed E-state index contributed by atoms with van der Waals surface area (Å²) in [6.45, 7) is 4.34. The number of carbonyl (C=O) groups is 1. The van der Waals surface area contributed by atoms with Crippen molar-refractivity contribution in [3.63, 3.8) is 0 Å². The Morgan fingerprint density at radius 3 is 2.72 bits per heavy atom. The lowest BCUT2D eigenvalue weighted by molar-refractivity contribution is 0.102. The second kappa shape index (κ2) is 7.48. The van der Waals surface area contributed by atoms with Crippen LogP contribution < -0.4 is 16.6 Å². The van der Waals surface area contributed by atoms with Gasteiger partial charge in [-0.3, -0.25) is 19.1 Å². The van der Waals surface area contributed by atoms with Gasteiger partial charge in [0.15, 0.2) is 5.65 Å². The van der Waals surface area contributed by atoms with Gasteiger partial charge in [0.25, 0.3) is 11.5 Å². The summed E-state index contributed by atoms with van der Waals surface area (Å²) in [7, 11) is 0. The average Bonchev–Trinajstić information content (AvgIpc) is 3.49. The molecule has 8 heteroatoms. The van der Waals surface area contributed by atoms with Crippen LogP contribution in [0.15, 0.2) is 39.9 Å². The molecular weight excluding hydrogens is 392 g/mol. The standard InChI is InChI=1S/C21H21ClN4O3/c1-11(2)10-26-18-17(20(28)25-21(26)29)15(9-16(24-18)12-6-7-12)19(27)23-14-5-3-4-13(22)8-14/h3-5,8-9,11-12H,6-7,10H2,1-2H3,(H,23,27)(H,25,28,29). The zero-order chi connectivity index (χ0) is 20.7. The van der Waals surface area contributed by atoms with Gasteiger partial charge in [0.1, 0.15) is 0 Å². The van der Waals surface area contributed by atoms with E-state index in [1.54, 1.807) is 30.3 Å². The highest BCUT2D eigenvalue weighted by atomic mass is 35.5. The van der Waals surface area contributed by atoms with E-state index in [-0.39, 0.29) is 28.4 Å². The molecule has 0 bridgehead atoms. The van der Waals surface area contributed by atoms with E-state index in [1.165, 1.54) is 4.57 Å². The SMILES string of the molecule is CC(C)Cn1c(=O)[nH]c(=O)c2c(C(=O)Nc3cccc(Cl)c3)cc(C3CC3)nc21. The number of H-pyrrole nitrogens is 1. The largest absolute Gasteiger partial charge is 0.330 e. The van der Waals surface area contributed by atoms with Gasteiger partial charge in [-0.1, -0.05) is 31.5 Å². The summed E-state index contributed by atoms with van der Waals surface area (Å²) in [6.07, 6.45) is 1.96. The van der Waals surface area contributed by atoms with Crippen molar-refractivity contribution in [3.05, 3.63) is 67.4 Å². The Labute approximate surface area is 171 Å². The number of anilines is 1. The van der Waals surface area contributed by atoms with E-state index >= 15 is 0 Å². The first-order valence-electron chi connectivity index (χ1n) is 9.58. The number of amides is 1. The molecule has 1 saturated carbocycles. The fourth-order valence-corrected chi connectivity index (χ4v) is 3.55. The molecule has 0 radical (unpaired) electrons. The molecule has 29 heavy (non-hydrogen) atoms. The topological polar surface area (TPSA) is 96.9 Å². The maximum atomic E-state index is 13.1. The second-order valence-corrected chi connectivity index (χ2v) is 8.23. The quantitative estimate of drug-likeness (QED) is 0.670. The molecule has 1 fully saturated rings. The van der Waals surface area contributed by atoms with E-state index in [0.717, 1.165) is 18.5 Å². The Balaban J connectivity index is 1.91. The van der Waals surface area contributed by atoms with Crippen molar-refractivity contribution in [2.24, 2.45) is 5.92 Å². The van der Waals surface area contributed by atoms with Crippen LogP contribution in [0.4, 0.5) is 5.69 Å². The average molecular weight is 413 g/mol. The number of carbonyl (C=O) groups excluding carboxylic acids is 1. The molecule has 150 valence electrons. The molecule has 2 heterocycles. The van der Waals surface area contributed by atoms with Gasteiger partial charge in [-0.05, 0) is 43.0 Å². The molecule has 1 aliphatic carbocycles. The Bertz CT molecular complexity index is 1220. The Kier molecular flexibility index (Phi) is 5.00. The van der Waals surface area contributed by atoms with E-state index < -0.39 is 17.2 Å². The van der Waals surface area contributed by atoms with Crippen LogP contribution >= 0.6 is 11.6 Å². The number of halogens is 1. The van der Waals surface area contributed by atoms with E-state index in [9.17, 15) is 14.4 Å². The molecule has 0 saturated heterocycles. The van der Waals surface area contributed by atoms with Crippen LogP contribution in [0.25, 0.3) is 11.0 Å². The fraction of sp³-hybridized carbons (Fsp3) is 0.333. The van der Waals surface area contributed by atoms with Gasteiger partial charge in [-0.2, -0.15) is 0 Å². The van der Waals surface area contributed by atoms with Crippen LogP contribution in [0.1, 0.15) is 48.7 Å². The second-order valence-electron chi connectivity index (χ2n) is 7.80. The zero-order valence-electron chi connectivity index (χ0n) is 16.2. The number of nitrogens with one attached hydrogen (secondary N) is 2. The molecule has 3 aromatic rings. The maximum absolute atomic E-state index is 13.1. The first-order chi connectivity index (χ1) is 13.8. The van der Waals surface area contributed by atoms with Gasteiger partial charge in [0.05, 0.1) is 10.9 Å². The van der Waals surface area contributed by atoms with Crippen LogP contribution in [0.2, 0.25) is 5.02 Å². The molecule has 1 aliphatic rings. The van der Waals surface area contributed by atoms with E-state index in [1.807, 2.05) is 13.8 Å². The molecule has 0 spiro atoms. The van der Waals surface area contributed by atoms with Gasteiger partial charge in [-0.25, -0.2) is 9.78 Å². The first-order valence-corrected chi connectivity index (χ1v) is 9.96. The van der Waals surface area contributed by atoms with Crippen molar-refractivity contribution in [3.8, 4) is 0 Å². The van der Waals surface area contributed by atoms with Crippen LogP contribution in [0, 0.1) is 5.92 Å². The third kappa shape index (κ3) is 3.96. The molecule has 1 aromatic carbocycles. The molecule has 2 N–H and O–H groups in total. The Morgan fingerprint density at radius 1 is 1.31 bits per heavy atom. The minimum absolute atomic E-state index is 0.120. The number of nitrogens with zero attached hydrogens (tertiary/aromatic N) is 2. The molecule has 0 aliphatic heterocycles. The van der Waals surface area contributed by atoms with Gasteiger partial charge in [-0.15, -0.1) is 0 Å². The van der Waals surface area contributed by atoms with Crippen LogP contribution in [0.5, 0.6) is 0 Å². The monoisotopic (exact) mass is 412 g/mol. The molecule has 4 rings (SSSR count). The van der Waals surface area contributed by atoms with Crippen molar-refractivity contribution < 1.29 is 4.79 Å². The highest BCUT2D eigenvalue weighted by Gasteiger charge is 2.29. The number of aromatic amines is 1. The van der Waals surface area contributed by atoms with E-state index in [4.69, 9.17) is 11.6 Å². The van der Waals surface area contributed by atoms with Gasteiger partial charge in [0, 0.05) is 28.9 Å². The summed E-state index contributed by atoms with van der Waals surface area (Å²) < 4.78 is 1.45. The number of benzene rings is 1. The molecule has 0 unspecified atom stereocenters. The van der Waals surface area contributed by atoms with E-state index in [2.05, 4.69) is 15.3 Å². The lowest BCUT2D eigenvalue weighted by Crippen LogP contribution is -2.33. The number of rotatable bonds is 5. The summed E-state index contributed by atoms with van der Waals surface area (Å²) in [6, 6.07) is 8.45. The fourth-order valence-electron chi connectivity index (χ4n) is 3.36. The van der Waals surface area contributed by atoms with Crippen molar-refractivity contribution in [2.75, 3.05) is 5.32 Å². The number of hydrogen-bond donors (Lipinski definition) is 2. The van der Waals surface area contributed by atoms with Crippen LogP contribution in [-0.2, 0) is 6.54 Å². The lowest BCUT2D eigenvalue weighted by Gasteiger charge is -2.15. The summed E-state index contributed by atoms with van der Waals surface area (Å²) in [5, 5.41) is 3.40. The third-order valence-electron chi connectivity index (χ3n) is 4.84. The summed E-state index contributed by atoms with van der Waals surface area (Å²) >= 11 is 6.00. The minimum atomic E-state index is -0.615. The summed E-state index contributed by atoms with van der Waals surface area (Å²) in [5.41, 5.74) is 0.585. The van der Waals surface area contributed by atoms with Gasteiger partial charge < -0.3 is 5.32 Å². The van der Waals surface area contributed by atoms with Crippen molar-refractivity contribution in [1.29, 1.82) is 0 Å². The highest BCUT2D eigenvalue weighted by molar-refractivity contribution is 6.31. The highest BCUT2D eigenvalue weighted by Crippen LogP contribution is 2.40. The van der Waals surface area contributed by atoms with Crippen molar-refractivity contribution in [1.82, 2.24) is 14.5 Å². The van der Waals surface area contributed by atoms with Crippen molar-refractivity contribution in [2.45, 2.75) is 39.2 Å². The molecular formula is C21H21ClN4O3. The van der Waals surface area contributed by atoms with Crippen LogP contribution in [-0.4, -0.2) is 20.4 Å². The minimum Gasteiger partial charge on any atom is -0.322 e. The number of pyridine rings is 1. The molecule has 7 nitrogen and oxygen atoms in total. The van der Waals surface area contributed by atoms with E-state index in [0.29, 0.717) is 17.3 Å². The maximum Gasteiger partial charge on any atom is 0.330 e. The lowest BCUT2D eigenvalue weighted by atomic mass is 10.1. The first kappa shape index (κ1) is 19.4. The molecule has 0 atom stereocenters. The van der Waals surface area contributed by atoms with Crippen molar-refractivity contribution >= 4 is 34.2 Å². The predicted molar refractivity (Wildman–Crippen MR) is 113 cm³/mol. The molecule has 2 aromatic heterocycles. The van der Waals surface area contributed by atoms with Gasteiger partial charge in [0.2, 0.25) is 0 Å². The zero-order valence-corrected chi connectivity index (χ0v) is 16.9. The third-order valence-corrected chi connectivity index (χ3v) is 5.07. The van der Waals surface area contributed by atoms with Gasteiger partial charge >= 0.3 is 5.69 Å². The normalized spacial score (nSPS) is 13.8. The Morgan fingerprint density at radius 2 is 2.07 bits per heavy atom. The Hall–Kier alpha value is -2.93. The number of aromatic nitrogens is 3. The summed E-state index contributed by atoms with van der Waals surface area (Å²) in [5.74, 6) is -0.0299.